The van der Waals surface area contributed by atoms with Crippen LogP contribution in [0.2, 0.25) is 0 Å². The van der Waals surface area contributed by atoms with Gasteiger partial charge in [-0.05, 0) is 17.7 Å². The Morgan fingerprint density at radius 2 is 1.81 bits per heavy atom. The molecule has 0 spiro atoms. The molecule has 0 aliphatic carbocycles. The van der Waals surface area contributed by atoms with Gasteiger partial charge in [0, 0.05) is 25.0 Å². The molecule has 0 atom stereocenters. The van der Waals surface area contributed by atoms with Gasteiger partial charge in [-0.3, -0.25) is 0 Å². The van der Waals surface area contributed by atoms with Crippen molar-refractivity contribution < 1.29 is 9.47 Å². The number of aromatic nitrogens is 2. The molecule has 84 valence electrons. The minimum atomic E-state index is 0.758. The third-order valence-electron chi connectivity index (χ3n) is 2.34. The Morgan fingerprint density at radius 1 is 1.12 bits per heavy atom. The fraction of sp³-hybridized carbons (Fsp3) is 0.250. The number of benzene rings is 1. The van der Waals surface area contributed by atoms with Gasteiger partial charge in [0.2, 0.25) is 0 Å². The highest BCUT2D eigenvalue weighted by atomic mass is 16.5. The molecule has 4 nitrogen and oxygen atoms in total. The largest absolute Gasteiger partial charge is 0.497 e. The number of imidazole rings is 1. The molecule has 0 aliphatic heterocycles. The smallest absolute Gasteiger partial charge is 0.122 e. The lowest BCUT2D eigenvalue weighted by atomic mass is 10.2. The maximum Gasteiger partial charge on any atom is 0.122 e. The van der Waals surface area contributed by atoms with Gasteiger partial charge in [-0.2, -0.15) is 0 Å². The van der Waals surface area contributed by atoms with E-state index in [9.17, 15) is 0 Å². The van der Waals surface area contributed by atoms with E-state index >= 15 is 0 Å². The van der Waals surface area contributed by atoms with Crippen molar-refractivity contribution >= 4 is 0 Å². The maximum atomic E-state index is 5.21. The number of ether oxygens (including phenoxy) is 2. The molecule has 0 aliphatic rings. The summed E-state index contributed by atoms with van der Waals surface area (Å²) in [5, 5.41) is 0. The minimum absolute atomic E-state index is 0.758. The van der Waals surface area contributed by atoms with Gasteiger partial charge in [0.25, 0.3) is 0 Å². The molecule has 2 aromatic rings. The van der Waals surface area contributed by atoms with Crippen molar-refractivity contribution in [3.05, 3.63) is 42.5 Å². The van der Waals surface area contributed by atoms with Crippen LogP contribution in [-0.2, 0) is 6.54 Å². The number of rotatable bonds is 4. The van der Waals surface area contributed by atoms with Gasteiger partial charge in [0.05, 0.1) is 20.5 Å². The maximum absolute atomic E-state index is 5.21. The van der Waals surface area contributed by atoms with Gasteiger partial charge in [0.1, 0.15) is 11.5 Å². The number of methoxy groups -OCH3 is 2. The number of nitrogens with zero attached hydrogens (tertiary/aromatic N) is 2. The normalized spacial score (nSPS) is 10.1. The summed E-state index contributed by atoms with van der Waals surface area (Å²) in [6, 6.07) is 5.84. The van der Waals surface area contributed by atoms with Crippen LogP contribution in [-0.4, -0.2) is 23.8 Å². The van der Waals surface area contributed by atoms with E-state index in [-0.39, 0.29) is 0 Å². The lowest BCUT2D eigenvalue weighted by molar-refractivity contribution is 0.393. The summed E-state index contributed by atoms with van der Waals surface area (Å²) < 4.78 is 12.4. The zero-order valence-electron chi connectivity index (χ0n) is 9.38. The Kier molecular flexibility index (Phi) is 3.10. The van der Waals surface area contributed by atoms with Crippen LogP contribution in [0.25, 0.3) is 0 Å². The third kappa shape index (κ3) is 2.34. The highest BCUT2D eigenvalue weighted by Gasteiger charge is 2.02. The van der Waals surface area contributed by atoms with E-state index in [1.54, 1.807) is 26.7 Å². The fourth-order valence-corrected chi connectivity index (χ4v) is 1.55. The highest BCUT2D eigenvalue weighted by Crippen LogP contribution is 2.22. The molecule has 0 radical (unpaired) electrons. The van der Waals surface area contributed by atoms with Crippen LogP contribution >= 0.6 is 0 Å². The SMILES string of the molecule is COc1cc(Cn2ccnc2)cc(OC)c1. The Labute approximate surface area is 94.4 Å². The van der Waals surface area contributed by atoms with E-state index in [0.717, 1.165) is 23.6 Å². The van der Waals surface area contributed by atoms with Crippen LogP contribution < -0.4 is 9.47 Å². The van der Waals surface area contributed by atoms with Crippen LogP contribution in [0.4, 0.5) is 0 Å². The van der Waals surface area contributed by atoms with Crippen LogP contribution in [0.5, 0.6) is 11.5 Å². The summed E-state index contributed by atoms with van der Waals surface area (Å²) >= 11 is 0. The molecular weight excluding hydrogens is 204 g/mol. The first-order chi connectivity index (χ1) is 7.81. The van der Waals surface area contributed by atoms with Gasteiger partial charge < -0.3 is 14.0 Å². The van der Waals surface area contributed by atoms with Crippen molar-refractivity contribution in [2.75, 3.05) is 14.2 Å². The Balaban J connectivity index is 2.26. The second-order valence-electron chi connectivity index (χ2n) is 3.46. The van der Waals surface area contributed by atoms with Crippen molar-refractivity contribution in [3.63, 3.8) is 0 Å². The molecule has 4 heteroatoms. The average molecular weight is 218 g/mol. The summed E-state index contributed by atoms with van der Waals surface area (Å²) in [7, 11) is 3.30. The molecule has 0 fully saturated rings. The van der Waals surface area contributed by atoms with E-state index in [0.29, 0.717) is 0 Å². The van der Waals surface area contributed by atoms with Crippen molar-refractivity contribution in [3.8, 4) is 11.5 Å². The zero-order valence-corrected chi connectivity index (χ0v) is 9.38. The van der Waals surface area contributed by atoms with E-state index in [4.69, 9.17) is 9.47 Å². The Bertz CT molecular complexity index is 430. The number of hydrogen-bond donors (Lipinski definition) is 0. The molecule has 0 amide bonds. The monoisotopic (exact) mass is 218 g/mol. The summed E-state index contributed by atoms with van der Waals surface area (Å²) in [6.45, 7) is 0.758. The minimum Gasteiger partial charge on any atom is -0.497 e. The summed E-state index contributed by atoms with van der Waals surface area (Å²) in [4.78, 5) is 4.00. The molecule has 0 unspecified atom stereocenters. The van der Waals surface area contributed by atoms with Gasteiger partial charge in [-0.1, -0.05) is 0 Å². The van der Waals surface area contributed by atoms with E-state index < -0.39 is 0 Å². The predicted octanol–water partition coefficient (Wildman–Crippen LogP) is 1.95. The molecule has 0 saturated carbocycles. The highest BCUT2D eigenvalue weighted by molar-refractivity contribution is 5.38. The van der Waals surface area contributed by atoms with Crippen LogP contribution in [0.15, 0.2) is 36.9 Å². The van der Waals surface area contributed by atoms with Gasteiger partial charge in [-0.15, -0.1) is 0 Å². The molecule has 0 bridgehead atoms. The number of hydrogen-bond acceptors (Lipinski definition) is 3. The molecule has 1 heterocycles. The first kappa shape index (κ1) is 10.5. The predicted molar refractivity (Wildman–Crippen MR) is 60.9 cm³/mol. The van der Waals surface area contributed by atoms with E-state index in [1.807, 2.05) is 29.0 Å². The van der Waals surface area contributed by atoms with Crippen LogP contribution in [0.1, 0.15) is 5.56 Å². The standard InChI is InChI=1S/C12H14N2O2/c1-15-11-5-10(6-12(7-11)16-2)8-14-4-3-13-9-14/h3-7,9H,8H2,1-2H3. The average Bonchev–Trinajstić information content (AvgIpc) is 2.81. The Morgan fingerprint density at radius 3 is 2.31 bits per heavy atom. The first-order valence-electron chi connectivity index (χ1n) is 4.99. The van der Waals surface area contributed by atoms with Crippen molar-refractivity contribution in [2.24, 2.45) is 0 Å². The van der Waals surface area contributed by atoms with Crippen LogP contribution in [0, 0.1) is 0 Å². The van der Waals surface area contributed by atoms with E-state index in [2.05, 4.69) is 4.98 Å². The molecular formula is C12H14N2O2. The molecule has 1 aromatic carbocycles. The third-order valence-corrected chi connectivity index (χ3v) is 2.34. The van der Waals surface area contributed by atoms with Crippen LogP contribution in [0.3, 0.4) is 0 Å². The second kappa shape index (κ2) is 4.70. The summed E-state index contributed by atoms with van der Waals surface area (Å²) in [5.41, 5.74) is 1.12. The zero-order chi connectivity index (χ0) is 11.4. The van der Waals surface area contributed by atoms with Gasteiger partial charge in [0.15, 0.2) is 0 Å². The summed E-state index contributed by atoms with van der Waals surface area (Å²) in [6.07, 6.45) is 5.47. The molecule has 0 N–H and O–H groups in total. The quantitative estimate of drug-likeness (QED) is 0.787. The first-order valence-corrected chi connectivity index (χ1v) is 4.99. The lowest BCUT2D eigenvalue weighted by Gasteiger charge is -2.08. The van der Waals surface area contributed by atoms with Gasteiger partial charge >= 0.3 is 0 Å². The van der Waals surface area contributed by atoms with Gasteiger partial charge in [-0.25, -0.2) is 4.98 Å². The Hall–Kier alpha value is -1.97. The lowest BCUT2D eigenvalue weighted by Crippen LogP contribution is -1.98. The second-order valence-corrected chi connectivity index (χ2v) is 3.46. The molecule has 1 aromatic heterocycles. The molecule has 0 saturated heterocycles. The van der Waals surface area contributed by atoms with Crippen molar-refractivity contribution in [2.45, 2.75) is 6.54 Å². The fourth-order valence-electron chi connectivity index (χ4n) is 1.55. The van der Waals surface area contributed by atoms with E-state index in [1.165, 1.54) is 0 Å². The topological polar surface area (TPSA) is 36.3 Å². The molecule has 16 heavy (non-hydrogen) atoms. The summed E-state index contributed by atoms with van der Waals surface area (Å²) in [5.74, 6) is 1.60. The molecule has 2 rings (SSSR count). The van der Waals surface area contributed by atoms with Crippen molar-refractivity contribution in [1.82, 2.24) is 9.55 Å². The van der Waals surface area contributed by atoms with Crippen molar-refractivity contribution in [1.29, 1.82) is 0 Å².